The molecule has 0 aliphatic carbocycles. The molecule has 2 aromatic rings. The Morgan fingerprint density at radius 3 is 2.14 bits per heavy atom. The van der Waals surface area contributed by atoms with Crippen LogP contribution in [0.25, 0.3) is 0 Å². The molecule has 0 heterocycles. The van der Waals surface area contributed by atoms with Gasteiger partial charge in [0.1, 0.15) is 5.56 Å². The molecule has 0 aromatic heterocycles. The highest BCUT2D eigenvalue weighted by atomic mass is 16.6. The van der Waals surface area contributed by atoms with Crippen molar-refractivity contribution in [3.05, 3.63) is 64.7 Å². The SMILES string of the molecule is C=CCNC(=O)Nc1ccc(NC(=O)c2cc(OC)c(OC)cc2[N+](=O)[O-])cc1. The van der Waals surface area contributed by atoms with Gasteiger partial charge in [-0.05, 0) is 24.3 Å². The molecule has 0 radical (unpaired) electrons. The van der Waals surface area contributed by atoms with Gasteiger partial charge in [-0.25, -0.2) is 4.79 Å². The second kappa shape index (κ2) is 9.74. The molecule has 2 rings (SSSR count). The Kier molecular flexibility index (Phi) is 7.13. The third-order valence-corrected chi connectivity index (χ3v) is 3.75. The molecule has 0 bridgehead atoms. The van der Waals surface area contributed by atoms with Gasteiger partial charge >= 0.3 is 6.03 Å². The van der Waals surface area contributed by atoms with E-state index in [1.54, 1.807) is 30.3 Å². The fraction of sp³-hybridized carbons (Fsp3) is 0.158. The van der Waals surface area contributed by atoms with Crippen molar-refractivity contribution in [2.24, 2.45) is 0 Å². The summed E-state index contributed by atoms with van der Waals surface area (Å²) in [7, 11) is 2.71. The van der Waals surface area contributed by atoms with Gasteiger partial charge in [-0.1, -0.05) is 6.08 Å². The van der Waals surface area contributed by atoms with Crippen LogP contribution in [0.4, 0.5) is 21.9 Å². The van der Waals surface area contributed by atoms with Gasteiger partial charge < -0.3 is 25.4 Å². The van der Waals surface area contributed by atoms with Gasteiger partial charge in [0.05, 0.1) is 25.2 Å². The molecule has 10 heteroatoms. The van der Waals surface area contributed by atoms with Crippen molar-refractivity contribution in [1.29, 1.82) is 0 Å². The number of carbonyl (C=O) groups excluding carboxylic acids is 2. The largest absolute Gasteiger partial charge is 0.493 e. The molecule has 2 aromatic carbocycles. The van der Waals surface area contributed by atoms with E-state index in [1.807, 2.05) is 0 Å². The maximum absolute atomic E-state index is 12.6. The second-order valence-electron chi connectivity index (χ2n) is 5.64. The van der Waals surface area contributed by atoms with Crippen LogP contribution in [0.3, 0.4) is 0 Å². The summed E-state index contributed by atoms with van der Waals surface area (Å²) < 4.78 is 10.2. The summed E-state index contributed by atoms with van der Waals surface area (Å²) in [5, 5.41) is 19.1. The molecule has 0 unspecified atom stereocenters. The minimum atomic E-state index is -0.693. The minimum Gasteiger partial charge on any atom is -0.493 e. The van der Waals surface area contributed by atoms with Crippen molar-refractivity contribution in [2.75, 3.05) is 31.4 Å². The molecule has 0 aliphatic heterocycles. The molecule has 10 nitrogen and oxygen atoms in total. The van der Waals surface area contributed by atoms with E-state index in [4.69, 9.17) is 9.47 Å². The van der Waals surface area contributed by atoms with Crippen LogP contribution in [0, 0.1) is 10.1 Å². The Labute approximate surface area is 166 Å². The summed E-state index contributed by atoms with van der Waals surface area (Å²) in [5.74, 6) is -0.365. The van der Waals surface area contributed by atoms with E-state index in [0.29, 0.717) is 17.9 Å². The standard InChI is InChI=1S/C19H20N4O6/c1-4-9-20-19(25)22-13-7-5-12(6-8-13)21-18(24)14-10-16(28-2)17(29-3)11-15(14)23(26)27/h4-8,10-11H,1,9H2,2-3H3,(H,21,24)(H2,20,22,25). The minimum absolute atomic E-state index is 0.140. The number of ether oxygens (including phenoxy) is 2. The molecule has 3 N–H and O–H groups in total. The van der Waals surface area contributed by atoms with Crippen LogP contribution >= 0.6 is 0 Å². The number of hydrogen-bond donors (Lipinski definition) is 3. The Bertz CT molecular complexity index is 927. The van der Waals surface area contributed by atoms with Crippen molar-refractivity contribution in [3.63, 3.8) is 0 Å². The van der Waals surface area contributed by atoms with E-state index in [1.165, 1.54) is 20.3 Å². The topological polar surface area (TPSA) is 132 Å². The Hall–Kier alpha value is -4.08. The van der Waals surface area contributed by atoms with Gasteiger partial charge in [0.25, 0.3) is 11.6 Å². The van der Waals surface area contributed by atoms with Crippen molar-refractivity contribution in [1.82, 2.24) is 5.32 Å². The third kappa shape index (κ3) is 5.45. The number of nitro groups is 1. The highest BCUT2D eigenvalue weighted by Gasteiger charge is 2.24. The summed E-state index contributed by atoms with van der Waals surface area (Å²) in [4.78, 5) is 34.9. The zero-order valence-electron chi connectivity index (χ0n) is 15.9. The van der Waals surface area contributed by atoms with Crippen LogP contribution in [-0.2, 0) is 0 Å². The Morgan fingerprint density at radius 2 is 1.62 bits per heavy atom. The lowest BCUT2D eigenvalue weighted by atomic mass is 10.1. The van der Waals surface area contributed by atoms with Gasteiger partial charge in [0, 0.05) is 24.0 Å². The van der Waals surface area contributed by atoms with Gasteiger partial charge in [0.15, 0.2) is 11.5 Å². The van der Waals surface area contributed by atoms with Crippen LogP contribution in [-0.4, -0.2) is 37.6 Å². The number of methoxy groups -OCH3 is 2. The van der Waals surface area contributed by atoms with Crippen LogP contribution in [0.1, 0.15) is 10.4 Å². The van der Waals surface area contributed by atoms with Crippen molar-refractivity contribution >= 4 is 29.0 Å². The van der Waals surface area contributed by atoms with E-state index in [2.05, 4.69) is 22.5 Å². The Morgan fingerprint density at radius 1 is 1.07 bits per heavy atom. The molecular weight excluding hydrogens is 380 g/mol. The number of rotatable bonds is 8. The molecule has 152 valence electrons. The average molecular weight is 400 g/mol. The van der Waals surface area contributed by atoms with Gasteiger partial charge in [-0.3, -0.25) is 14.9 Å². The molecule has 3 amide bonds. The lowest BCUT2D eigenvalue weighted by Crippen LogP contribution is -2.28. The quantitative estimate of drug-likeness (QED) is 0.354. The van der Waals surface area contributed by atoms with E-state index in [0.717, 1.165) is 6.07 Å². The van der Waals surface area contributed by atoms with Gasteiger partial charge in [-0.2, -0.15) is 0 Å². The maximum Gasteiger partial charge on any atom is 0.319 e. The van der Waals surface area contributed by atoms with Crippen molar-refractivity contribution in [3.8, 4) is 11.5 Å². The zero-order valence-corrected chi connectivity index (χ0v) is 15.9. The first-order valence-electron chi connectivity index (χ1n) is 8.37. The van der Waals surface area contributed by atoms with Crippen molar-refractivity contribution in [2.45, 2.75) is 0 Å². The lowest BCUT2D eigenvalue weighted by Gasteiger charge is -2.11. The number of nitrogens with zero attached hydrogens (tertiary/aromatic N) is 1. The van der Waals surface area contributed by atoms with Crippen LogP contribution < -0.4 is 25.4 Å². The number of urea groups is 1. The Balaban J connectivity index is 2.18. The molecule has 0 saturated carbocycles. The first-order valence-corrected chi connectivity index (χ1v) is 8.37. The second-order valence-corrected chi connectivity index (χ2v) is 5.64. The van der Waals surface area contributed by atoms with Crippen molar-refractivity contribution < 1.29 is 24.0 Å². The number of amides is 3. The van der Waals surface area contributed by atoms with E-state index >= 15 is 0 Å². The van der Waals surface area contributed by atoms with Gasteiger partial charge in [-0.15, -0.1) is 6.58 Å². The molecule has 29 heavy (non-hydrogen) atoms. The number of carbonyl (C=O) groups is 2. The molecule has 0 atom stereocenters. The zero-order chi connectivity index (χ0) is 21.4. The monoisotopic (exact) mass is 400 g/mol. The number of nitrogens with one attached hydrogen (secondary N) is 3. The normalized spacial score (nSPS) is 9.86. The average Bonchev–Trinajstić information content (AvgIpc) is 2.72. The van der Waals surface area contributed by atoms with Crippen LogP contribution in [0.15, 0.2) is 49.1 Å². The first-order chi connectivity index (χ1) is 13.9. The van der Waals surface area contributed by atoms with E-state index in [9.17, 15) is 19.7 Å². The van der Waals surface area contributed by atoms with Gasteiger partial charge in [0.2, 0.25) is 0 Å². The van der Waals surface area contributed by atoms with E-state index < -0.39 is 22.5 Å². The highest BCUT2D eigenvalue weighted by molar-refractivity contribution is 6.07. The summed E-state index contributed by atoms with van der Waals surface area (Å²) in [6.45, 7) is 3.83. The summed E-state index contributed by atoms with van der Waals surface area (Å²) >= 11 is 0. The molecule has 0 saturated heterocycles. The lowest BCUT2D eigenvalue weighted by molar-refractivity contribution is -0.385. The van der Waals surface area contributed by atoms with E-state index in [-0.39, 0.29) is 17.1 Å². The summed E-state index contributed by atoms with van der Waals surface area (Å²) in [5.41, 5.74) is 0.286. The number of hydrogen-bond acceptors (Lipinski definition) is 6. The van der Waals surface area contributed by atoms with Crippen LogP contribution in [0.5, 0.6) is 11.5 Å². The molecule has 0 fully saturated rings. The maximum atomic E-state index is 12.6. The number of nitro benzene ring substituents is 1. The number of anilines is 2. The predicted molar refractivity (Wildman–Crippen MR) is 108 cm³/mol. The van der Waals surface area contributed by atoms with Crippen LogP contribution in [0.2, 0.25) is 0 Å². The summed E-state index contributed by atoms with van der Waals surface area (Å²) in [6.07, 6.45) is 1.55. The third-order valence-electron chi connectivity index (χ3n) is 3.75. The molecule has 0 spiro atoms. The molecule has 0 aliphatic rings. The number of benzene rings is 2. The highest BCUT2D eigenvalue weighted by Crippen LogP contribution is 2.34. The smallest absolute Gasteiger partial charge is 0.319 e. The fourth-order valence-electron chi connectivity index (χ4n) is 2.38. The first kappa shape index (κ1) is 21.2. The fourth-order valence-corrected chi connectivity index (χ4v) is 2.38. The predicted octanol–water partition coefficient (Wildman–Crippen LogP) is 3.17. The summed E-state index contributed by atoms with van der Waals surface area (Å²) in [6, 6.07) is 8.22. The molecular formula is C19H20N4O6.